The van der Waals surface area contributed by atoms with Crippen molar-refractivity contribution in [1.82, 2.24) is 19.8 Å². The second kappa shape index (κ2) is 25.4. The molecule has 0 fully saturated rings. The Kier molecular flexibility index (Phi) is 22.8. The molecule has 0 aliphatic heterocycles. The molecule has 0 aromatic carbocycles. The first-order chi connectivity index (χ1) is 22.4. The van der Waals surface area contributed by atoms with Gasteiger partial charge in [0.1, 0.15) is 0 Å². The van der Waals surface area contributed by atoms with Crippen LogP contribution in [0.25, 0.3) is 0 Å². The van der Waals surface area contributed by atoms with Crippen LogP contribution in [0.4, 0.5) is 11.6 Å². The second-order valence-electron chi connectivity index (χ2n) is 10.3. The maximum atomic E-state index is 14.3. The van der Waals surface area contributed by atoms with Gasteiger partial charge in [-0.15, -0.1) is 0 Å². The minimum Gasteiger partial charge on any atom is -0.396 e. The van der Waals surface area contributed by atoms with E-state index in [4.69, 9.17) is 33.7 Å². The van der Waals surface area contributed by atoms with Gasteiger partial charge in [0.25, 0.3) is 11.8 Å². The van der Waals surface area contributed by atoms with Gasteiger partial charge in [-0.2, -0.15) is 0 Å². The molecule has 1 aromatic heterocycles. The van der Waals surface area contributed by atoms with E-state index in [1.165, 1.54) is 4.90 Å². The first-order valence-electron chi connectivity index (χ1n) is 15.7. The first kappa shape index (κ1) is 41.3. The Balaban J connectivity index is 4.11. The van der Waals surface area contributed by atoms with Gasteiger partial charge in [0.05, 0.1) is 33.0 Å². The number of aliphatic hydroxyl groups is 3. The molecule has 0 atom stereocenters. The van der Waals surface area contributed by atoms with E-state index in [2.05, 4.69) is 0 Å². The average Bonchev–Trinajstić information content (AvgIpc) is 3.07. The fourth-order valence-electron chi connectivity index (χ4n) is 4.51. The van der Waals surface area contributed by atoms with Gasteiger partial charge < -0.3 is 58.6 Å². The Labute approximate surface area is 273 Å². The molecule has 1 rings (SSSR count). The van der Waals surface area contributed by atoms with E-state index in [0.29, 0.717) is 58.7 Å². The molecule has 1 heterocycles. The van der Waals surface area contributed by atoms with Crippen LogP contribution < -0.4 is 9.80 Å². The molecule has 2 amide bonds. The number of aromatic nitrogens is 2. The fraction of sp³-hybridized carbons (Fsp3) is 0.800. The fourth-order valence-corrected chi connectivity index (χ4v) is 4.51. The molecule has 0 aliphatic carbocycles. The van der Waals surface area contributed by atoms with Crippen LogP contribution in [0.5, 0.6) is 0 Å². The highest BCUT2D eigenvalue weighted by molar-refractivity contribution is 6.02. The number of hydrogen-bond donors (Lipinski definition) is 3. The number of carbonyl (C=O) groups is 2. The summed E-state index contributed by atoms with van der Waals surface area (Å²) < 4.78 is 26.6. The summed E-state index contributed by atoms with van der Waals surface area (Å²) in [5.74, 6) is -0.547. The maximum Gasteiger partial charge on any atom is 0.276 e. The summed E-state index contributed by atoms with van der Waals surface area (Å²) in [6.07, 6.45) is 1.01. The summed E-state index contributed by atoms with van der Waals surface area (Å²) in [4.78, 5) is 45.1. The van der Waals surface area contributed by atoms with Crippen LogP contribution >= 0.6 is 0 Å². The van der Waals surface area contributed by atoms with E-state index >= 15 is 0 Å². The third-order valence-corrected chi connectivity index (χ3v) is 7.02. The average molecular weight is 661 g/mol. The molecule has 1 aromatic rings. The van der Waals surface area contributed by atoms with Gasteiger partial charge in [-0.25, -0.2) is 9.97 Å². The number of rotatable bonds is 28. The monoisotopic (exact) mass is 660 g/mol. The van der Waals surface area contributed by atoms with Gasteiger partial charge in [-0.1, -0.05) is 0 Å². The molecule has 266 valence electrons. The van der Waals surface area contributed by atoms with Gasteiger partial charge in [-0.05, 0) is 19.3 Å². The predicted molar refractivity (Wildman–Crippen MR) is 173 cm³/mol. The summed E-state index contributed by atoms with van der Waals surface area (Å²) in [5, 5.41) is 28.7. The highest BCUT2D eigenvalue weighted by Crippen LogP contribution is 2.27. The highest BCUT2D eigenvalue weighted by Gasteiger charge is 2.32. The molecule has 16 heteroatoms. The predicted octanol–water partition coefficient (Wildman–Crippen LogP) is -0.647. The number of anilines is 2. The van der Waals surface area contributed by atoms with E-state index in [0.717, 1.165) is 0 Å². The van der Waals surface area contributed by atoms with Crippen molar-refractivity contribution in [2.24, 2.45) is 0 Å². The number of amides is 2. The van der Waals surface area contributed by atoms with E-state index in [-0.39, 0.29) is 88.8 Å². The lowest BCUT2D eigenvalue weighted by atomic mass is 10.2. The topological polar surface area (TPSA) is 180 Å². The number of carbonyl (C=O) groups excluding carboxylic acids is 2. The highest BCUT2D eigenvalue weighted by atomic mass is 16.5. The number of nitrogens with zero attached hydrogens (tertiary/aromatic N) is 6. The molecule has 0 aliphatic rings. The molecule has 0 saturated heterocycles. The normalized spacial score (nSPS) is 11.1. The molecule has 0 bridgehead atoms. The quantitative estimate of drug-likeness (QED) is 0.103. The Morgan fingerprint density at radius 3 is 1.15 bits per heavy atom. The molecule has 0 unspecified atom stereocenters. The van der Waals surface area contributed by atoms with Crippen LogP contribution in [0.2, 0.25) is 0 Å². The van der Waals surface area contributed by atoms with Crippen LogP contribution in [0.3, 0.4) is 0 Å². The van der Waals surface area contributed by atoms with E-state index in [9.17, 15) is 24.9 Å². The van der Waals surface area contributed by atoms with Crippen molar-refractivity contribution in [3.63, 3.8) is 0 Å². The molecule has 16 nitrogen and oxygen atoms in total. The minimum atomic E-state index is -0.467. The molecular formula is C30H56N6O10. The van der Waals surface area contributed by atoms with Crippen molar-refractivity contribution < 1.29 is 48.6 Å². The number of hydrogen-bond acceptors (Lipinski definition) is 14. The molecular weight excluding hydrogens is 604 g/mol. The van der Waals surface area contributed by atoms with Gasteiger partial charge in [0, 0.05) is 108 Å². The summed E-state index contributed by atoms with van der Waals surface area (Å²) >= 11 is 0. The van der Waals surface area contributed by atoms with Crippen LogP contribution in [-0.2, 0) is 23.7 Å². The number of ether oxygens (including phenoxy) is 5. The zero-order valence-electron chi connectivity index (χ0n) is 28.3. The van der Waals surface area contributed by atoms with Gasteiger partial charge in [0.15, 0.2) is 23.0 Å². The smallest absolute Gasteiger partial charge is 0.276 e. The van der Waals surface area contributed by atoms with E-state index in [1.54, 1.807) is 50.2 Å². The zero-order valence-corrected chi connectivity index (χ0v) is 28.3. The second-order valence-corrected chi connectivity index (χ2v) is 10.3. The third-order valence-electron chi connectivity index (χ3n) is 7.02. The Hall–Kier alpha value is -2.70. The largest absolute Gasteiger partial charge is 0.396 e. The van der Waals surface area contributed by atoms with Crippen molar-refractivity contribution in [3.8, 4) is 0 Å². The van der Waals surface area contributed by atoms with Crippen LogP contribution in [0.15, 0.2) is 0 Å². The molecule has 0 radical (unpaired) electrons. The van der Waals surface area contributed by atoms with Crippen molar-refractivity contribution in [2.75, 3.05) is 151 Å². The summed E-state index contributed by atoms with van der Waals surface area (Å²) in [5.41, 5.74) is 0.0197. The summed E-state index contributed by atoms with van der Waals surface area (Å²) in [6, 6.07) is 0. The van der Waals surface area contributed by atoms with Gasteiger partial charge in [0.2, 0.25) is 0 Å². The van der Waals surface area contributed by atoms with Gasteiger partial charge >= 0.3 is 0 Å². The molecule has 0 spiro atoms. The Morgan fingerprint density at radius 2 is 0.804 bits per heavy atom. The molecule has 46 heavy (non-hydrogen) atoms. The zero-order chi connectivity index (χ0) is 34.2. The lowest BCUT2D eigenvalue weighted by Crippen LogP contribution is -2.42. The lowest BCUT2D eigenvalue weighted by molar-refractivity contribution is 0.0620. The van der Waals surface area contributed by atoms with Crippen molar-refractivity contribution in [1.29, 1.82) is 0 Å². The first-order valence-corrected chi connectivity index (χ1v) is 15.7. The Morgan fingerprint density at radius 1 is 0.500 bits per heavy atom. The van der Waals surface area contributed by atoms with Crippen LogP contribution in [0.1, 0.15) is 40.2 Å². The van der Waals surface area contributed by atoms with E-state index < -0.39 is 11.8 Å². The van der Waals surface area contributed by atoms with Crippen molar-refractivity contribution in [3.05, 3.63) is 11.4 Å². The number of aliphatic hydroxyl groups excluding tert-OH is 3. The van der Waals surface area contributed by atoms with Crippen LogP contribution in [-0.4, -0.2) is 188 Å². The van der Waals surface area contributed by atoms with Gasteiger partial charge in [-0.3, -0.25) is 9.59 Å². The standard InChI is InChI=1S/C30H56N6O10/c1-42-20-12-33(9-6-17-37)27-25(29(40)35(10-7-18-38)11-8-19-39)32-28(34(13-21-43-2)14-22-44-3)26(31-27)30(41)36(15-23-45-4)16-24-46-5/h37-39H,6-24H2,1-5H3. The summed E-state index contributed by atoms with van der Waals surface area (Å²) in [7, 11) is 7.79. The molecule has 3 N–H and O–H groups in total. The van der Waals surface area contributed by atoms with Crippen molar-refractivity contribution >= 4 is 23.5 Å². The SMILES string of the molecule is COCCN(CCOC)C(=O)c1nc(N(CCCO)CCOC)c(C(=O)N(CCCO)CCCO)nc1N(CCOC)CCOC. The Bertz CT molecular complexity index is 869. The van der Waals surface area contributed by atoms with E-state index in [1.807, 2.05) is 0 Å². The minimum absolute atomic E-state index is 0.00311. The molecule has 0 saturated carbocycles. The van der Waals surface area contributed by atoms with Crippen molar-refractivity contribution in [2.45, 2.75) is 19.3 Å². The maximum absolute atomic E-state index is 14.3. The summed E-state index contributed by atoms with van der Waals surface area (Å²) in [6.45, 7) is 3.33. The third kappa shape index (κ3) is 14.0. The number of methoxy groups -OCH3 is 5. The lowest BCUT2D eigenvalue weighted by Gasteiger charge is -2.32. The van der Waals surface area contributed by atoms with Crippen LogP contribution in [0, 0.1) is 0 Å².